The molecule has 0 spiro atoms. The van der Waals surface area contributed by atoms with Gasteiger partial charge < -0.3 is 10.6 Å². The molecule has 0 aliphatic heterocycles. The number of aryl methyl sites for hydroxylation is 1. The van der Waals surface area contributed by atoms with Gasteiger partial charge in [0, 0.05) is 29.7 Å². The summed E-state index contributed by atoms with van der Waals surface area (Å²) in [5.74, 6) is 0.206. The van der Waals surface area contributed by atoms with Crippen molar-refractivity contribution in [1.82, 2.24) is 15.3 Å². The van der Waals surface area contributed by atoms with Gasteiger partial charge in [-0.15, -0.1) is 0 Å². The molecule has 0 saturated heterocycles. The minimum Gasteiger partial charge on any atom is -0.366 e. The predicted octanol–water partition coefficient (Wildman–Crippen LogP) is 4.12. The van der Waals surface area contributed by atoms with Crippen LogP contribution in [-0.4, -0.2) is 15.9 Å². The molecule has 1 heterocycles. The number of aromatic nitrogens is 2. The largest absolute Gasteiger partial charge is 0.366 e. The SMILES string of the molecule is Cc1nc(NCc2ccccc2Cl)cc(C(=O)NCc2ccccc2F)n1. The molecule has 0 fully saturated rings. The highest BCUT2D eigenvalue weighted by Crippen LogP contribution is 2.17. The quantitative estimate of drug-likeness (QED) is 0.671. The number of nitrogens with zero attached hydrogens (tertiary/aromatic N) is 2. The molecule has 5 nitrogen and oxygen atoms in total. The van der Waals surface area contributed by atoms with Crippen molar-refractivity contribution in [3.63, 3.8) is 0 Å². The van der Waals surface area contributed by atoms with Crippen LogP contribution in [0.5, 0.6) is 0 Å². The van der Waals surface area contributed by atoms with Gasteiger partial charge in [0.25, 0.3) is 5.91 Å². The molecule has 0 saturated carbocycles. The van der Waals surface area contributed by atoms with E-state index in [1.807, 2.05) is 24.3 Å². The molecule has 0 bridgehead atoms. The van der Waals surface area contributed by atoms with Gasteiger partial charge in [0.05, 0.1) is 0 Å². The molecule has 0 atom stereocenters. The number of benzene rings is 2. The van der Waals surface area contributed by atoms with Crippen LogP contribution in [0.25, 0.3) is 0 Å². The van der Waals surface area contributed by atoms with Crippen molar-refractivity contribution < 1.29 is 9.18 Å². The van der Waals surface area contributed by atoms with Crippen LogP contribution < -0.4 is 10.6 Å². The third kappa shape index (κ3) is 5.01. The van der Waals surface area contributed by atoms with Crippen LogP contribution in [0.1, 0.15) is 27.4 Å². The van der Waals surface area contributed by atoms with Gasteiger partial charge in [-0.05, 0) is 24.6 Å². The topological polar surface area (TPSA) is 66.9 Å². The Kier molecular flexibility index (Phi) is 5.98. The first kappa shape index (κ1) is 18.8. The van der Waals surface area contributed by atoms with E-state index in [0.29, 0.717) is 28.8 Å². The fraction of sp³-hybridized carbons (Fsp3) is 0.150. The number of carbonyl (C=O) groups excluding carboxylic acids is 1. The zero-order chi connectivity index (χ0) is 19.2. The Morgan fingerprint density at radius 1 is 1.04 bits per heavy atom. The summed E-state index contributed by atoms with van der Waals surface area (Å²) in [4.78, 5) is 20.8. The van der Waals surface area contributed by atoms with Gasteiger partial charge in [0.1, 0.15) is 23.2 Å². The molecular weight excluding hydrogens is 367 g/mol. The standard InChI is InChI=1S/C20H18ClFN4O/c1-13-25-18(20(27)24-12-15-7-3-5-9-17(15)22)10-19(26-13)23-11-14-6-2-4-8-16(14)21/h2-10H,11-12H2,1H3,(H,24,27)(H,23,25,26). The average Bonchev–Trinajstić information content (AvgIpc) is 2.66. The highest BCUT2D eigenvalue weighted by molar-refractivity contribution is 6.31. The van der Waals surface area contributed by atoms with Crippen LogP contribution in [0.2, 0.25) is 5.02 Å². The van der Waals surface area contributed by atoms with Crippen molar-refractivity contribution in [2.45, 2.75) is 20.0 Å². The molecule has 1 amide bonds. The second-order valence-corrected chi connectivity index (χ2v) is 6.31. The average molecular weight is 385 g/mol. The Hall–Kier alpha value is -2.99. The maximum Gasteiger partial charge on any atom is 0.270 e. The van der Waals surface area contributed by atoms with Crippen LogP contribution in [0.4, 0.5) is 10.2 Å². The first-order valence-electron chi connectivity index (χ1n) is 8.37. The van der Waals surface area contributed by atoms with E-state index in [1.54, 1.807) is 31.2 Å². The number of hydrogen-bond acceptors (Lipinski definition) is 4. The molecule has 2 N–H and O–H groups in total. The summed E-state index contributed by atoms with van der Waals surface area (Å²) in [6.07, 6.45) is 0. The molecule has 7 heteroatoms. The fourth-order valence-electron chi connectivity index (χ4n) is 2.51. The van der Waals surface area contributed by atoms with Crippen LogP contribution >= 0.6 is 11.6 Å². The molecule has 138 valence electrons. The summed E-state index contributed by atoms with van der Waals surface area (Å²) in [7, 11) is 0. The molecule has 2 aromatic carbocycles. The fourth-order valence-corrected chi connectivity index (χ4v) is 2.71. The van der Waals surface area contributed by atoms with Crippen molar-refractivity contribution in [3.05, 3.63) is 88.1 Å². The van der Waals surface area contributed by atoms with E-state index in [4.69, 9.17) is 11.6 Å². The Labute approximate surface area is 161 Å². The third-order valence-corrected chi connectivity index (χ3v) is 4.25. The van der Waals surface area contributed by atoms with E-state index < -0.39 is 5.91 Å². The maximum absolute atomic E-state index is 13.7. The number of halogens is 2. The molecule has 0 unspecified atom stereocenters. The summed E-state index contributed by atoms with van der Waals surface area (Å²) < 4.78 is 13.7. The van der Waals surface area contributed by atoms with Gasteiger partial charge in [-0.3, -0.25) is 4.79 Å². The summed E-state index contributed by atoms with van der Waals surface area (Å²) in [5.41, 5.74) is 1.54. The van der Waals surface area contributed by atoms with Gasteiger partial charge in [0.2, 0.25) is 0 Å². The number of nitrogens with one attached hydrogen (secondary N) is 2. The van der Waals surface area contributed by atoms with Crippen LogP contribution in [-0.2, 0) is 13.1 Å². The molecule has 3 rings (SSSR count). The van der Waals surface area contributed by atoms with Gasteiger partial charge in [-0.2, -0.15) is 0 Å². The zero-order valence-corrected chi connectivity index (χ0v) is 15.4. The minimum absolute atomic E-state index is 0.0803. The molecule has 0 aliphatic rings. The number of hydrogen-bond donors (Lipinski definition) is 2. The number of rotatable bonds is 6. The Morgan fingerprint density at radius 3 is 2.48 bits per heavy atom. The van der Waals surface area contributed by atoms with Gasteiger partial charge >= 0.3 is 0 Å². The second-order valence-electron chi connectivity index (χ2n) is 5.90. The highest BCUT2D eigenvalue weighted by Gasteiger charge is 2.11. The van der Waals surface area contributed by atoms with Crippen LogP contribution in [0.15, 0.2) is 54.6 Å². The normalized spacial score (nSPS) is 10.5. The van der Waals surface area contributed by atoms with Crippen LogP contribution in [0.3, 0.4) is 0 Å². The van der Waals surface area contributed by atoms with Crippen molar-refractivity contribution in [1.29, 1.82) is 0 Å². The second kappa shape index (κ2) is 8.60. The summed E-state index contributed by atoms with van der Waals surface area (Å²) >= 11 is 6.15. The summed E-state index contributed by atoms with van der Waals surface area (Å²) in [6, 6.07) is 15.3. The monoisotopic (exact) mass is 384 g/mol. The van der Waals surface area contributed by atoms with Crippen LogP contribution in [0, 0.1) is 12.7 Å². The highest BCUT2D eigenvalue weighted by atomic mass is 35.5. The molecular formula is C20H18ClFN4O. The first-order valence-corrected chi connectivity index (χ1v) is 8.75. The van der Waals surface area contributed by atoms with Crippen molar-refractivity contribution in [2.75, 3.05) is 5.32 Å². The minimum atomic E-state index is -0.399. The first-order chi connectivity index (χ1) is 13.0. The van der Waals surface area contributed by atoms with Crippen molar-refractivity contribution in [3.8, 4) is 0 Å². The van der Waals surface area contributed by atoms with E-state index in [0.717, 1.165) is 5.56 Å². The van der Waals surface area contributed by atoms with Gasteiger partial charge in [0.15, 0.2) is 0 Å². The van der Waals surface area contributed by atoms with E-state index in [2.05, 4.69) is 20.6 Å². The maximum atomic E-state index is 13.7. The van der Waals surface area contributed by atoms with Gasteiger partial charge in [-0.1, -0.05) is 48.0 Å². The Balaban J connectivity index is 1.68. The zero-order valence-electron chi connectivity index (χ0n) is 14.7. The lowest BCUT2D eigenvalue weighted by Crippen LogP contribution is -2.25. The molecule has 3 aromatic rings. The lowest BCUT2D eigenvalue weighted by molar-refractivity contribution is 0.0945. The third-order valence-electron chi connectivity index (χ3n) is 3.89. The van der Waals surface area contributed by atoms with E-state index in [-0.39, 0.29) is 18.1 Å². The Bertz CT molecular complexity index is 964. The number of carbonyl (C=O) groups is 1. The number of anilines is 1. The van der Waals surface area contributed by atoms with Crippen molar-refractivity contribution >= 4 is 23.3 Å². The molecule has 0 radical (unpaired) electrons. The lowest BCUT2D eigenvalue weighted by Gasteiger charge is -2.10. The van der Waals surface area contributed by atoms with E-state index in [1.165, 1.54) is 6.07 Å². The predicted molar refractivity (Wildman–Crippen MR) is 103 cm³/mol. The van der Waals surface area contributed by atoms with Gasteiger partial charge in [-0.25, -0.2) is 14.4 Å². The molecule has 0 aliphatic carbocycles. The van der Waals surface area contributed by atoms with E-state index in [9.17, 15) is 9.18 Å². The number of amides is 1. The summed E-state index contributed by atoms with van der Waals surface area (Å²) in [5, 5.41) is 6.47. The molecule has 1 aromatic heterocycles. The van der Waals surface area contributed by atoms with Crippen molar-refractivity contribution in [2.24, 2.45) is 0 Å². The smallest absolute Gasteiger partial charge is 0.270 e. The Morgan fingerprint density at radius 2 is 1.74 bits per heavy atom. The summed E-state index contributed by atoms with van der Waals surface area (Å²) in [6.45, 7) is 2.25. The molecule has 27 heavy (non-hydrogen) atoms. The van der Waals surface area contributed by atoms with E-state index >= 15 is 0 Å². The lowest BCUT2D eigenvalue weighted by atomic mass is 10.2.